The summed E-state index contributed by atoms with van der Waals surface area (Å²) in [5.74, 6) is -1.65. The Kier molecular flexibility index (Phi) is 11.5. The van der Waals surface area contributed by atoms with E-state index >= 15 is 0 Å². The summed E-state index contributed by atoms with van der Waals surface area (Å²) in [6, 6.07) is 21.9. The van der Waals surface area contributed by atoms with E-state index < -0.39 is 42.2 Å². The molecule has 0 unspecified atom stereocenters. The Bertz CT molecular complexity index is 2130. The van der Waals surface area contributed by atoms with Gasteiger partial charge in [-0.2, -0.15) is 0 Å². The zero-order valence-corrected chi connectivity index (χ0v) is 29.4. The first-order chi connectivity index (χ1) is 25.9. The second kappa shape index (κ2) is 16.2. The van der Waals surface area contributed by atoms with Crippen molar-refractivity contribution in [1.82, 2.24) is 10.3 Å². The molecule has 1 saturated heterocycles. The number of aromatic amines is 1. The van der Waals surface area contributed by atoms with Crippen molar-refractivity contribution in [1.29, 1.82) is 0 Å². The van der Waals surface area contributed by atoms with Gasteiger partial charge in [0.1, 0.15) is 29.4 Å². The van der Waals surface area contributed by atoms with Crippen LogP contribution in [0.1, 0.15) is 24.5 Å². The molecule has 1 fully saturated rings. The Balaban J connectivity index is 1.25. The molecule has 2 aromatic heterocycles. The van der Waals surface area contributed by atoms with Crippen LogP contribution < -0.4 is 15.5 Å². The van der Waals surface area contributed by atoms with Gasteiger partial charge in [0.15, 0.2) is 29.0 Å². The number of carboxylic acids is 1. The first kappa shape index (κ1) is 38.2. The third-order valence-corrected chi connectivity index (χ3v) is 10.1. The van der Waals surface area contributed by atoms with E-state index in [4.69, 9.17) is 13.9 Å². The van der Waals surface area contributed by atoms with Crippen molar-refractivity contribution in [3.8, 4) is 22.6 Å². The first-order valence-electron chi connectivity index (χ1n) is 17.5. The number of phenols is 1. The lowest BCUT2D eigenvalue weighted by atomic mass is 9.74. The number of phenolic OH excluding ortho intramolecular Hbond substituents is 1. The molecule has 0 spiro atoms. The van der Waals surface area contributed by atoms with Gasteiger partial charge in [0.25, 0.3) is 0 Å². The van der Waals surface area contributed by atoms with Gasteiger partial charge in [-0.05, 0) is 78.2 Å². The van der Waals surface area contributed by atoms with Crippen molar-refractivity contribution in [3.05, 3.63) is 125 Å². The predicted octanol–water partition coefficient (Wildman–Crippen LogP) is 3.89. The lowest BCUT2D eigenvalue weighted by Crippen LogP contribution is -2.79. The molecule has 0 radical (unpaired) electrons. The molecular weight excluding hydrogens is 696 g/mol. The van der Waals surface area contributed by atoms with E-state index in [1.807, 2.05) is 54.9 Å². The molecule has 1 aliphatic rings. The fourth-order valence-corrected chi connectivity index (χ4v) is 6.74. The number of aliphatic hydroxyl groups is 3. The van der Waals surface area contributed by atoms with Gasteiger partial charge in [0.05, 0.1) is 10.9 Å². The van der Waals surface area contributed by atoms with Crippen LogP contribution in [0, 0.1) is 11.8 Å². The molecule has 7 atom stereocenters. The van der Waals surface area contributed by atoms with Gasteiger partial charge in [-0.3, -0.25) is 9.59 Å². The maximum Gasteiger partial charge on any atom is 0.335 e. The summed E-state index contributed by atoms with van der Waals surface area (Å²) in [5, 5.41) is 57.4. The molecule has 282 valence electrons. The van der Waals surface area contributed by atoms with Crippen LogP contribution in [-0.4, -0.2) is 85.6 Å². The van der Waals surface area contributed by atoms with Crippen LogP contribution in [0.3, 0.4) is 0 Å². The van der Waals surface area contributed by atoms with Gasteiger partial charge in [-0.1, -0.05) is 61.5 Å². The SMILES string of the molecule is C[C@H](C/C=C/c1ccccc1)[C@H](CNC[C@]1(O)[C@H](Oc2ccc3c(=O)c(-c4ccc(O)cc4)coc3c2)O[C@H](C(=O)O)[C@@H](O)[C@@]1(O)C=O)Cc1cc[nH]c1. The number of ether oxygens (including phenoxy) is 2. The Morgan fingerprint density at radius 2 is 1.83 bits per heavy atom. The number of benzene rings is 3. The molecule has 13 nitrogen and oxygen atoms in total. The number of hydrogen-bond donors (Lipinski definition) is 7. The van der Waals surface area contributed by atoms with Gasteiger partial charge < -0.3 is 49.7 Å². The smallest absolute Gasteiger partial charge is 0.335 e. The first-order valence-corrected chi connectivity index (χ1v) is 17.5. The molecule has 54 heavy (non-hydrogen) atoms. The number of H-pyrrole nitrogens is 1. The molecule has 0 amide bonds. The van der Waals surface area contributed by atoms with Crippen molar-refractivity contribution < 1.29 is 49.0 Å². The number of rotatable bonds is 15. The molecule has 1 aliphatic heterocycles. The molecule has 0 aliphatic carbocycles. The molecular formula is C41H42N2O11. The van der Waals surface area contributed by atoms with E-state index in [0.29, 0.717) is 12.0 Å². The van der Waals surface area contributed by atoms with E-state index in [1.165, 1.54) is 36.6 Å². The fraction of sp³-hybridized carbons (Fsp3) is 0.293. The number of aldehydes is 1. The van der Waals surface area contributed by atoms with E-state index in [2.05, 4.69) is 23.3 Å². The molecule has 0 saturated carbocycles. The highest BCUT2D eigenvalue weighted by Crippen LogP contribution is 2.39. The molecule has 5 aromatic rings. The van der Waals surface area contributed by atoms with Gasteiger partial charge in [-0.25, -0.2) is 4.79 Å². The number of carbonyl (C=O) groups excluding carboxylic acids is 1. The molecule has 3 aromatic carbocycles. The van der Waals surface area contributed by atoms with E-state index in [1.54, 1.807) is 12.1 Å². The summed E-state index contributed by atoms with van der Waals surface area (Å²) in [7, 11) is 0. The van der Waals surface area contributed by atoms with Crippen molar-refractivity contribution in [2.75, 3.05) is 13.1 Å². The van der Waals surface area contributed by atoms with Gasteiger partial charge in [-0.15, -0.1) is 0 Å². The minimum absolute atomic E-state index is 0.0235. The zero-order chi connectivity index (χ0) is 38.5. The summed E-state index contributed by atoms with van der Waals surface area (Å²) in [4.78, 5) is 41.0. The minimum atomic E-state index is -3.06. The van der Waals surface area contributed by atoms with Crippen LogP contribution in [0.4, 0.5) is 0 Å². The third-order valence-electron chi connectivity index (χ3n) is 10.1. The standard InChI is InChI=1S/C41H42N2O11/c1-25(6-5-9-26-7-3-2-4-8-26)29(18-27-16-17-42-20-27)21-43-23-40(50)39(54-36(38(48)49)37(47)41(40,51)24-44)53-31-14-15-32-34(19-31)52-22-33(35(32)46)28-10-12-30(45)13-11-28/h2-5,7-17,19-20,22,24-25,29,36-37,39,42-43,45,47,50-51H,6,18,21,23H2,1H3,(H,48,49)/b9-5+/t25-,29+,36+,37-,39-,40+,41+/m1/s1. The third kappa shape index (κ3) is 7.86. The van der Waals surface area contributed by atoms with E-state index in [9.17, 15) is 39.9 Å². The Morgan fingerprint density at radius 1 is 1.07 bits per heavy atom. The normalized spacial score (nSPS) is 24.0. The van der Waals surface area contributed by atoms with Gasteiger partial charge >= 0.3 is 5.97 Å². The lowest BCUT2D eigenvalue weighted by Gasteiger charge is -2.51. The topological polar surface area (TPSA) is 212 Å². The molecule has 13 heteroatoms. The fourth-order valence-electron chi connectivity index (χ4n) is 6.74. The van der Waals surface area contributed by atoms with Crippen LogP contribution in [-0.2, 0) is 20.7 Å². The Morgan fingerprint density at radius 3 is 2.52 bits per heavy atom. The number of fused-ring (bicyclic) bond motifs is 1. The predicted molar refractivity (Wildman–Crippen MR) is 199 cm³/mol. The van der Waals surface area contributed by atoms with Gasteiger partial charge in [0, 0.05) is 25.0 Å². The molecule has 0 bridgehead atoms. The molecule has 3 heterocycles. The number of carboxylic acid groups (broad SMARTS) is 1. The van der Waals surface area contributed by atoms with E-state index in [0.717, 1.165) is 17.5 Å². The van der Waals surface area contributed by atoms with Crippen molar-refractivity contribution >= 4 is 29.3 Å². The summed E-state index contributed by atoms with van der Waals surface area (Å²) in [6.45, 7) is 1.80. The summed E-state index contributed by atoms with van der Waals surface area (Å²) in [6.07, 6.45) is 3.79. The number of aliphatic hydroxyl groups excluding tert-OH is 1. The maximum absolute atomic E-state index is 13.3. The van der Waals surface area contributed by atoms with Crippen molar-refractivity contribution in [3.63, 3.8) is 0 Å². The van der Waals surface area contributed by atoms with Gasteiger partial charge in [0.2, 0.25) is 6.29 Å². The average molecular weight is 739 g/mol. The highest BCUT2D eigenvalue weighted by atomic mass is 16.7. The quantitative estimate of drug-likeness (QED) is 0.0763. The van der Waals surface area contributed by atoms with Crippen LogP contribution in [0.25, 0.3) is 28.2 Å². The molecule has 6 rings (SSSR count). The summed E-state index contributed by atoms with van der Waals surface area (Å²) >= 11 is 0. The second-order valence-electron chi connectivity index (χ2n) is 13.7. The van der Waals surface area contributed by atoms with Crippen LogP contribution in [0.15, 0.2) is 113 Å². The van der Waals surface area contributed by atoms with Crippen molar-refractivity contribution in [2.24, 2.45) is 11.8 Å². The number of allylic oxidation sites excluding steroid dienone is 1. The average Bonchev–Trinajstić information content (AvgIpc) is 3.69. The number of aliphatic carboxylic acids is 1. The number of aromatic nitrogens is 1. The highest BCUT2D eigenvalue weighted by molar-refractivity contribution is 5.83. The summed E-state index contributed by atoms with van der Waals surface area (Å²) in [5.41, 5.74) is -3.25. The maximum atomic E-state index is 13.3. The van der Waals surface area contributed by atoms with E-state index in [-0.39, 0.29) is 58.1 Å². The zero-order valence-electron chi connectivity index (χ0n) is 29.4. The second-order valence-corrected chi connectivity index (χ2v) is 13.7. The number of carbonyl (C=O) groups is 2. The monoisotopic (exact) mass is 738 g/mol. The summed E-state index contributed by atoms with van der Waals surface area (Å²) < 4.78 is 17.3. The Labute approximate surface area is 310 Å². The molecule has 7 N–H and O–H groups in total. The highest BCUT2D eigenvalue weighted by Gasteiger charge is 2.67. The van der Waals surface area contributed by atoms with Crippen LogP contribution in [0.5, 0.6) is 11.5 Å². The Hall–Kier alpha value is -5.57. The van der Waals surface area contributed by atoms with Crippen LogP contribution >= 0.6 is 0 Å². The number of nitrogens with one attached hydrogen (secondary N) is 2. The number of aromatic hydroxyl groups is 1. The minimum Gasteiger partial charge on any atom is -0.508 e. The largest absolute Gasteiger partial charge is 0.508 e. The lowest BCUT2D eigenvalue weighted by molar-refractivity contribution is -0.334. The van der Waals surface area contributed by atoms with Crippen molar-refractivity contribution in [2.45, 2.75) is 49.5 Å². The number of hydrogen-bond acceptors (Lipinski definition) is 11. The van der Waals surface area contributed by atoms with Crippen LogP contribution in [0.2, 0.25) is 0 Å².